The Labute approximate surface area is 110 Å². The number of piperazine rings is 1. The molecule has 2 aliphatic rings. The molecule has 1 atom stereocenters. The van der Waals surface area contributed by atoms with E-state index in [0.29, 0.717) is 5.54 Å². The highest BCUT2D eigenvalue weighted by Gasteiger charge is 2.39. The van der Waals surface area contributed by atoms with Crippen LogP contribution in [0.2, 0.25) is 0 Å². The molecule has 1 aromatic carbocycles. The molecule has 18 heavy (non-hydrogen) atoms. The van der Waals surface area contributed by atoms with E-state index in [0.717, 1.165) is 25.6 Å². The molecule has 1 heterocycles. The molecule has 1 saturated carbocycles. The Hall–Kier alpha value is -1.02. The van der Waals surface area contributed by atoms with Gasteiger partial charge in [-0.1, -0.05) is 31.0 Å². The highest BCUT2D eigenvalue weighted by atomic mass is 15.2. The topological polar surface area (TPSA) is 15.3 Å². The van der Waals surface area contributed by atoms with Crippen LogP contribution in [-0.2, 0) is 0 Å². The number of anilines is 1. The molecule has 2 fully saturated rings. The quantitative estimate of drug-likeness (QED) is 0.860. The maximum Gasteiger partial charge on any atom is 0.0367 e. The van der Waals surface area contributed by atoms with Gasteiger partial charge in [-0.15, -0.1) is 0 Å². The Kier molecular flexibility index (Phi) is 3.29. The number of rotatable bonds is 2. The van der Waals surface area contributed by atoms with Crippen LogP contribution < -0.4 is 10.2 Å². The second-order valence-corrected chi connectivity index (χ2v) is 6.08. The highest BCUT2D eigenvalue weighted by molar-refractivity contribution is 5.47. The van der Waals surface area contributed by atoms with E-state index in [1.54, 1.807) is 0 Å². The number of nitrogens with zero attached hydrogens (tertiary/aromatic N) is 1. The van der Waals surface area contributed by atoms with Crippen molar-refractivity contribution in [3.05, 3.63) is 30.3 Å². The van der Waals surface area contributed by atoms with Crippen molar-refractivity contribution in [2.24, 2.45) is 5.92 Å². The molecule has 1 aliphatic carbocycles. The van der Waals surface area contributed by atoms with Gasteiger partial charge in [0.2, 0.25) is 0 Å². The normalized spacial score (nSPS) is 29.7. The first-order chi connectivity index (χ1) is 8.78. The van der Waals surface area contributed by atoms with E-state index >= 15 is 0 Å². The van der Waals surface area contributed by atoms with Crippen LogP contribution in [-0.4, -0.2) is 25.2 Å². The minimum absolute atomic E-state index is 0.310. The van der Waals surface area contributed by atoms with Crippen LogP contribution in [0.25, 0.3) is 0 Å². The van der Waals surface area contributed by atoms with E-state index in [1.165, 1.54) is 31.4 Å². The molecule has 0 bridgehead atoms. The van der Waals surface area contributed by atoms with Gasteiger partial charge in [-0.25, -0.2) is 0 Å². The van der Waals surface area contributed by atoms with Crippen LogP contribution in [0.1, 0.15) is 32.6 Å². The minimum Gasteiger partial charge on any atom is -0.368 e. The molecule has 0 aromatic heterocycles. The van der Waals surface area contributed by atoms with Gasteiger partial charge in [-0.2, -0.15) is 0 Å². The van der Waals surface area contributed by atoms with Gasteiger partial charge < -0.3 is 10.2 Å². The molecule has 3 rings (SSSR count). The first kappa shape index (κ1) is 12.0. The van der Waals surface area contributed by atoms with E-state index in [4.69, 9.17) is 0 Å². The molecule has 2 heteroatoms. The van der Waals surface area contributed by atoms with Crippen molar-refractivity contribution in [2.45, 2.75) is 38.1 Å². The number of benzene rings is 1. The zero-order valence-corrected chi connectivity index (χ0v) is 11.4. The van der Waals surface area contributed by atoms with Crippen molar-refractivity contribution in [1.82, 2.24) is 5.32 Å². The fourth-order valence-corrected chi connectivity index (χ4v) is 3.70. The van der Waals surface area contributed by atoms with E-state index in [9.17, 15) is 0 Å². The number of hydrogen-bond donors (Lipinski definition) is 1. The predicted molar refractivity (Wildman–Crippen MR) is 77.0 cm³/mol. The summed E-state index contributed by atoms with van der Waals surface area (Å²) in [5, 5.41) is 3.80. The van der Waals surface area contributed by atoms with E-state index in [-0.39, 0.29) is 0 Å². The lowest BCUT2D eigenvalue weighted by Gasteiger charge is -2.46. The van der Waals surface area contributed by atoms with Gasteiger partial charge in [-0.05, 0) is 37.8 Å². The van der Waals surface area contributed by atoms with Crippen LogP contribution in [0.3, 0.4) is 0 Å². The lowest BCUT2D eigenvalue weighted by molar-refractivity contribution is 0.217. The Morgan fingerprint density at radius 3 is 2.61 bits per heavy atom. The van der Waals surface area contributed by atoms with Gasteiger partial charge in [0, 0.05) is 30.9 Å². The molecule has 98 valence electrons. The molecule has 0 spiro atoms. The fraction of sp³-hybridized carbons (Fsp3) is 0.625. The molecule has 1 aliphatic heterocycles. The molecule has 1 N–H and O–H groups in total. The monoisotopic (exact) mass is 244 g/mol. The summed E-state index contributed by atoms with van der Waals surface area (Å²) in [7, 11) is 0. The van der Waals surface area contributed by atoms with Gasteiger partial charge in [-0.3, -0.25) is 0 Å². The average Bonchev–Trinajstić information content (AvgIpc) is 2.95. The van der Waals surface area contributed by atoms with Gasteiger partial charge >= 0.3 is 0 Å². The molecular weight excluding hydrogens is 220 g/mol. The lowest BCUT2D eigenvalue weighted by Crippen LogP contribution is -2.62. The van der Waals surface area contributed by atoms with Gasteiger partial charge in [0.15, 0.2) is 0 Å². The summed E-state index contributed by atoms with van der Waals surface area (Å²) in [4.78, 5) is 2.55. The van der Waals surface area contributed by atoms with Crippen molar-refractivity contribution >= 4 is 5.69 Å². The molecule has 1 saturated heterocycles. The zero-order valence-electron chi connectivity index (χ0n) is 11.4. The second kappa shape index (κ2) is 4.93. The van der Waals surface area contributed by atoms with Gasteiger partial charge in [0.25, 0.3) is 0 Å². The third-order valence-electron chi connectivity index (χ3n) is 4.81. The van der Waals surface area contributed by atoms with Crippen LogP contribution in [0.15, 0.2) is 30.3 Å². The van der Waals surface area contributed by atoms with Crippen molar-refractivity contribution in [3.63, 3.8) is 0 Å². The number of hydrogen-bond acceptors (Lipinski definition) is 2. The summed E-state index contributed by atoms with van der Waals surface area (Å²) in [5.41, 5.74) is 1.69. The Bertz CT molecular complexity index is 383. The second-order valence-electron chi connectivity index (χ2n) is 6.08. The van der Waals surface area contributed by atoms with Crippen molar-refractivity contribution < 1.29 is 0 Å². The third kappa shape index (κ3) is 2.26. The van der Waals surface area contributed by atoms with E-state index in [2.05, 4.69) is 47.5 Å². The maximum absolute atomic E-state index is 3.80. The van der Waals surface area contributed by atoms with Crippen LogP contribution in [0.4, 0.5) is 5.69 Å². The standard InChI is InChI=1S/C16H24N2/c1-16(14-7-5-6-8-14)13-18(12-11-17-16)15-9-3-2-4-10-15/h2-4,9-10,14,17H,5-8,11-13H2,1H3. The Morgan fingerprint density at radius 1 is 1.17 bits per heavy atom. The molecule has 1 unspecified atom stereocenters. The maximum atomic E-state index is 3.80. The highest BCUT2D eigenvalue weighted by Crippen LogP contribution is 2.36. The van der Waals surface area contributed by atoms with Crippen LogP contribution in [0, 0.1) is 5.92 Å². The minimum atomic E-state index is 0.310. The first-order valence-corrected chi connectivity index (χ1v) is 7.33. The molecule has 0 radical (unpaired) electrons. The number of para-hydroxylation sites is 1. The van der Waals surface area contributed by atoms with E-state index < -0.39 is 0 Å². The molecule has 2 nitrogen and oxygen atoms in total. The van der Waals surface area contributed by atoms with Gasteiger partial charge in [0.05, 0.1) is 0 Å². The smallest absolute Gasteiger partial charge is 0.0367 e. The third-order valence-corrected chi connectivity index (χ3v) is 4.81. The largest absolute Gasteiger partial charge is 0.368 e. The SMILES string of the molecule is CC1(C2CCCC2)CN(c2ccccc2)CCN1. The summed E-state index contributed by atoms with van der Waals surface area (Å²) in [6.45, 7) is 5.83. The average molecular weight is 244 g/mol. The molecule has 0 amide bonds. The summed E-state index contributed by atoms with van der Waals surface area (Å²) in [6, 6.07) is 10.9. The summed E-state index contributed by atoms with van der Waals surface area (Å²) < 4.78 is 0. The Balaban J connectivity index is 1.75. The summed E-state index contributed by atoms with van der Waals surface area (Å²) in [6.07, 6.45) is 5.67. The Morgan fingerprint density at radius 2 is 1.89 bits per heavy atom. The van der Waals surface area contributed by atoms with Gasteiger partial charge in [0.1, 0.15) is 0 Å². The summed E-state index contributed by atoms with van der Waals surface area (Å²) >= 11 is 0. The van der Waals surface area contributed by atoms with Crippen molar-refractivity contribution in [3.8, 4) is 0 Å². The zero-order chi connectivity index (χ0) is 12.4. The first-order valence-electron chi connectivity index (χ1n) is 7.33. The van der Waals surface area contributed by atoms with E-state index in [1.807, 2.05) is 0 Å². The van der Waals surface area contributed by atoms with Crippen molar-refractivity contribution in [2.75, 3.05) is 24.5 Å². The van der Waals surface area contributed by atoms with Crippen LogP contribution >= 0.6 is 0 Å². The van der Waals surface area contributed by atoms with Crippen LogP contribution in [0.5, 0.6) is 0 Å². The lowest BCUT2D eigenvalue weighted by atomic mass is 9.82. The number of nitrogens with one attached hydrogen (secondary N) is 1. The predicted octanol–water partition coefficient (Wildman–Crippen LogP) is 3.05. The van der Waals surface area contributed by atoms with Crippen molar-refractivity contribution in [1.29, 1.82) is 0 Å². The molecule has 1 aromatic rings. The fourth-order valence-electron chi connectivity index (χ4n) is 3.70. The molecular formula is C16H24N2. The summed E-state index contributed by atoms with van der Waals surface area (Å²) in [5.74, 6) is 0.865.